The molecule has 148 valence electrons. The van der Waals surface area contributed by atoms with Gasteiger partial charge in [0, 0.05) is 55.3 Å². The average molecular weight is 380 g/mol. The van der Waals surface area contributed by atoms with Gasteiger partial charge in [0.2, 0.25) is 5.91 Å². The average Bonchev–Trinajstić information content (AvgIpc) is 3.13. The lowest BCUT2D eigenvalue weighted by molar-refractivity contribution is -0.125. The van der Waals surface area contributed by atoms with E-state index < -0.39 is 0 Å². The Morgan fingerprint density at radius 1 is 1.25 bits per heavy atom. The molecule has 0 atom stereocenters. The van der Waals surface area contributed by atoms with Crippen LogP contribution in [0.25, 0.3) is 10.9 Å². The Morgan fingerprint density at radius 3 is 2.71 bits per heavy atom. The third kappa shape index (κ3) is 3.58. The summed E-state index contributed by atoms with van der Waals surface area (Å²) in [6.07, 6.45) is 9.99. The number of hydrogen-bond donors (Lipinski definition) is 1. The van der Waals surface area contributed by atoms with Crippen molar-refractivity contribution in [3.63, 3.8) is 0 Å². The second-order valence-corrected chi connectivity index (χ2v) is 8.34. The zero-order chi connectivity index (χ0) is 19.7. The van der Waals surface area contributed by atoms with Crippen LogP contribution < -0.4 is 0 Å². The van der Waals surface area contributed by atoms with E-state index in [1.807, 2.05) is 17.0 Å². The normalized spacial score (nSPS) is 18.1. The minimum Gasteiger partial charge on any atom is -0.361 e. The third-order valence-corrected chi connectivity index (χ3v) is 6.33. The lowest BCUT2D eigenvalue weighted by atomic mass is 9.84. The number of fused-ring (bicyclic) bond motifs is 1. The standard InChI is InChI=1S/C23H29N3O2/c1-3-22(27)25(2)13-16-14-26(15-16)23(28)18-9-10-19-20(12-24-21(19)11-18)17-7-5-4-6-8-17/h3,9-12,16-17,24H,1,4-8,13-15H2,2H3. The zero-order valence-corrected chi connectivity index (χ0v) is 16.6. The molecule has 0 spiro atoms. The molecule has 28 heavy (non-hydrogen) atoms. The van der Waals surface area contributed by atoms with E-state index in [9.17, 15) is 9.59 Å². The SMILES string of the molecule is C=CC(=O)N(C)CC1CN(C(=O)c2ccc3c(C4CCCCC4)c[nH]c3c2)C1. The first-order chi connectivity index (χ1) is 13.6. The van der Waals surface area contributed by atoms with Crippen molar-refractivity contribution in [3.05, 3.63) is 48.2 Å². The van der Waals surface area contributed by atoms with Crippen LogP contribution in [0.4, 0.5) is 0 Å². The first-order valence-electron chi connectivity index (χ1n) is 10.3. The maximum atomic E-state index is 12.8. The van der Waals surface area contributed by atoms with E-state index >= 15 is 0 Å². The molecular formula is C23H29N3O2. The minimum atomic E-state index is -0.0734. The van der Waals surface area contributed by atoms with Gasteiger partial charge in [-0.1, -0.05) is 31.9 Å². The summed E-state index contributed by atoms with van der Waals surface area (Å²) in [6, 6.07) is 6.06. The maximum Gasteiger partial charge on any atom is 0.253 e. The maximum absolute atomic E-state index is 12.8. The Bertz CT molecular complexity index is 888. The van der Waals surface area contributed by atoms with E-state index in [1.165, 1.54) is 49.1 Å². The molecule has 0 unspecified atom stereocenters. The Labute approximate surface area is 166 Å². The number of rotatable bonds is 5. The van der Waals surface area contributed by atoms with Gasteiger partial charge in [-0.15, -0.1) is 0 Å². The third-order valence-electron chi connectivity index (χ3n) is 6.33. The van der Waals surface area contributed by atoms with Crippen LogP contribution in [0, 0.1) is 5.92 Å². The molecule has 1 aromatic carbocycles. The summed E-state index contributed by atoms with van der Waals surface area (Å²) in [6.45, 7) is 5.57. The van der Waals surface area contributed by atoms with Gasteiger partial charge in [0.25, 0.3) is 5.91 Å². The van der Waals surface area contributed by atoms with Crippen LogP contribution >= 0.6 is 0 Å². The van der Waals surface area contributed by atoms with Crippen molar-refractivity contribution < 1.29 is 9.59 Å². The van der Waals surface area contributed by atoms with Crippen LogP contribution in [0.1, 0.15) is 53.9 Å². The highest BCUT2D eigenvalue weighted by Gasteiger charge is 2.32. The molecule has 1 aromatic heterocycles. The molecule has 2 amide bonds. The van der Waals surface area contributed by atoms with Crippen LogP contribution in [-0.4, -0.2) is 53.3 Å². The molecule has 1 aliphatic heterocycles. The summed E-state index contributed by atoms with van der Waals surface area (Å²) >= 11 is 0. The number of nitrogens with one attached hydrogen (secondary N) is 1. The number of carbonyl (C=O) groups excluding carboxylic acids is 2. The second-order valence-electron chi connectivity index (χ2n) is 8.34. The van der Waals surface area contributed by atoms with Crippen molar-refractivity contribution >= 4 is 22.7 Å². The van der Waals surface area contributed by atoms with Crippen molar-refractivity contribution in [2.75, 3.05) is 26.7 Å². The number of aromatic nitrogens is 1. The number of aromatic amines is 1. The highest BCUT2D eigenvalue weighted by molar-refractivity contribution is 5.99. The first-order valence-corrected chi connectivity index (χ1v) is 10.3. The number of nitrogens with zero attached hydrogens (tertiary/aromatic N) is 2. The van der Waals surface area contributed by atoms with E-state index in [-0.39, 0.29) is 11.8 Å². The number of likely N-dealkylation sites (N-methyl/N-ethyl adjacent to an activating group) is 1. The molecule has 5 nitrogen and oxygen atoms in total. The first kappa shape index (κ1) is 18.8. The summed E-state index contributed by atoms with van der Waals surface area (Å²) in [4.78, 5) is 31.3. The van der Waals surface area contributed by atoms with Gasteiger partial charge in [0.1, 0.15) is 0 Å². The zero-order valence-electron chi connectivity index (χ0n) is 16.6. The topological polar surface area (TPSA) is 56.4 Å². The fourth-order valence-electron chi connectivity index (χ4n) is 4.70. The van der Waals surface area contributed by atoms with Crippen molar-refractivity contribution in [3.8, 4) is 0 Å². The summed E-state index contributed by atoms with van der Waals surface area (Å²) in [5.41, 5.74) is 3.20. The number of hydrogen-bond acceptors (Lipinski definition) is 2. The smallest absolute Gasteiger partial charge is 0.253 e. The van der Waals surface area contributed by atoms with E-state index in [1.54, 1.807) is 11.9 Å². The second kappa shape index (κ2) is 7.82. The highest BCUT2D eigenvalue weighted by atomic mass is 16.2. The molecule has 2 aliphatic rings. The Hall–Kier alpha value is -2.56. The lowest BCUT2D eigenvalue weighted by Crippen LogP contribution is -2.53. The Morgan fingerprint density at radius 2 is 2.00 bits per heavy atom. The van der Waals surface area contributed by atoms with Crippen LogP contribution in [0.5, 0.6) is 0 Å². The summed E-state index contributed by atoms with van der Waals surface area (Å²) in [5.74, 6) is 0.987. The molecule has 2 aromatic rings. The van der Waals surface area contributed by atoms with E-state index in [4.69, 9.17) is 0 Å². The van der Waals surface area contributed by atoms with Gasteiger partial charge >= 0.3 is 0 Å². The van der Waals surface area contributed by atoms with Crippen LogP contribution in [0.2, 0.25) is 0 Å². The molecule has 2 heterocycles. The lowest BCUT2D eigenvalue weighted by Gasteiger charge is -2.40. The molecule has 0 radical (unpaired) electrons. The van der Waals surface area contributed by atoms with E-state index in [0.717, 1.165) is 11.1 Å². The number of H-pyrrole nitrogens is 1. The molecule has 2 fully saturated rings. The van der Waals surface area contributed by atoms with Crippen molar-refractivity contribution in [1.29, 1.82) is 0 Å². The van der Waals surface area contributed by atoms with Gasteiger partial charge in [0.05, 0.1) is 0 Å². The fourth-order valence-corrected chi connectivity index (χ4v) is 4.70. The largest absolute Gasteiger partial charge is 0.361 e. The van der Waals surface area contributed by atoms with Crippen LogP contribution in [0.15, 0.2) is 37.1 Å². The highest BCUT2D eigenvalue weighted by Crippen LogP contribution is 2.36. The quantitative estimate of drug-likeness (QED) is 0.800. The summed E-state index contributed by atoms with van der Waals surface area (Å²) in [7, 11) is 1.78. The fraction of sp³-hybridized carbons (Fsp3) is 0.478. The van der Waals surface area contributed by atoms with Crippen LogP contribution in [-0.2, 0) is 4.79 Å². The van der Waals surface area contributed by atoms with Crippen molar-refractivity contribution in [2.45, 2.75) is 38.0 Å². The number of amides is 2. The summed E-state index contributed by atoms with van der Waals surface area (Å²) in [5, 5.41) is 1.26. The van der Waals surface area contributed by atoms with Gasteiger partial charge < -0.3 is 14.8 Å². The number of likely N-dealkylation sites (tertiary alicyclic amines) is 1. The molecule has 1 aliphatic carbocycles. The van der Waals surface area contributed by atoms with Gasteiger partial charge in [-0.2, -0.15) is 0 Å². The van der Waals surface area contributed by atoms with Gasteiger partial charge in [-0.25, -0.2) is 0 Å². The predicted octanol–water partition coefficient (Wildman–Crippen LogP) is 3.93. The Kier molecular flexibility index (Phi) is 5.25. The molecule has 4 rings (SSSR count). The molecule has 1 N–H and O–H groups in total. The van der Waals surface area contributed by atoms with E-state index in [2.05, 4.69) is 23.8 Å². The minimum absolute atomic E-state index is 0.0734. The van der Waals surface area contributed by atoms with Crippen molar-refractivity contribution in [2.24, 2.45) is 5.92 Å². The molecule has 1 saturated carbocycles. The molecule has 5 heteroatoms. The predicted molar refractivity (Wildman–Crippen MR) is 111 cm³/mol. The van der Waals surface area contributed by atoms with Gasteiger partial charge in [-0.3, -0.25) is 9.59 Å². The molecular weight excluding hydrogens is 350 g/mol. The Balaban J connectivity index is 1.40. The molecule has 0 bridgehead atoms. The monoisotopic (exact) mass is 379 g/mol. The number of benzene rings is 1. The molecule has 1 saturated heterocycles. The van der Waals surface area contributed by atoms with E-state index in [0.29, 0.717) is 31.5 Å². The van der Waals surface area contributed by atoms with Gasteiger partial charge in [-0.05, 0) is 42.5 Å². The summed E-state index contributed by atoms with van der Waals surface area (Å²) < 4.78 is 0. The van der Waals surface area contributed by atoms with Crippen molar-refractivity contribution in [1.82, 2.24) is 14.8 Å². The van der Waals surface area contributed by atoms with Gasteiger partial charge in [0.15, 0.2) is 0 Å². The number of carbonyl (C=O) groups is 2. The van der Waals surface area contributed by atoms with Crippen LogP contribution in [0.3, 0.4) is 0 Å².